The molecule has 2 heterocycles. The van der Waals surface area contributed by atoms with Gasteiger partial charge in [-0.3, -0.25) is 4.98 Å². The maximum absolute atomic E-state index is 4.62. The normalized spacial score (nSPS) is 10.5. The summed E-state index contributed by atoms with van der Waals surface area (Å²) in [5.41, 5.74) is 2.63. The summed E-state index contributed by atoms with van der Waals surface area (Å²) in [5.74, 6) is 1.62. The lowest BCUT2D eigenvalue weighted by molar-refractivity contribution is 0.829. The Morgan fingerprint density at radius 2 is 1.65 bits per heavy atom. The summed E-state index contributed by atoms with van der Waals surface area (Å²) in [7, 11) is 2.02. The first-order chi connectivity index (χ1) is 12.8. The fourth-order valence-corrected chi connectivity index (χ4v) is 2.73. The minimum Gasteiger partial charge on any atom is -0.370 e. The van der Waals surface area contributed by atoms with E-state index in [0.717, 1.165) is 44.1 Å². The highest BCUT2D eigenvalue weighted by Gasteiger charge is 2.06. The zero-order chi connectivity index (χ0) is 18.0. The first kappa shape index (κ1) is 17.9. The number of aromatic nitrogens is 3. The van der Waals surface area contributed by atoms with Crippen LogP contribution in [0.5, 0.6) is 0 Å². The Hall–Kier alpha value is -2.95. The van der Waals surface area contributed by atoms with Crippen LogP contribution in [0.4, 0.5) is 11.8 Å². The number of hydrogen-bond acceptors (Lipinski definition) is 5. The van der Waals surface area contributed by atoms with Crippen molar-refractivity contribution >= 4 is 11.8 Å². The molecular weight excluding hydrogens is 322 g/mol. The largest absolute Gasteiger partial charge is 0.370 e. The van der Waals surface area contributed by atoms with Gasteiger partial charge in [0.25, 0.3) is 0 Å². The van der Waals surface area contributed by atoms with Crippen molar-refractivity contribution in [3.63, 3.8) is 0 Å². The van der Waals surface area contributed by atoms with Gasteiger partial charge in [-0.15, -0.1) is 0 Å². The second-order valence-corrected chi connectivity index (χ2v) is 6.28. The summed E-state index contributed by atoms with van der Waals surface area (Å²) in [6.45, 7) is 1.76. The number of rotatable bonds is 9. The van der Waals surface area contributed by atoms with E-state index in [1.807, 2.05) is 43.8 Å². The standard InChI is InChI=1S/C21H25N5/c1-26(17-12-19-9-14-22-15-10-19)21-24-16-11-20(25-21)23-13-5-8-18-6-3-2-4-7-18/h2-4,6-7,9-11,14-16H,5,8,12-13,17H2,1H3,(H,23,24,25). The molecule has 134 valence electrons. The summed E-state index contributed by atoms with van der Waals surface area (Å²) >= 11 is 0. The van der Waals surface area contributed by atoms with Crippen molar-refractivity contribution in [3.05, 3.63) is 78.2 Å². The second kappa shape index (κ2) is 9.51. The number of hydrogen-bond donors (Lipinski definition) is 1. The lowest BCUT2D eigenvalue weighted by atomic mass is 10.1. The number of aryl methyl sites for hydroxylation is 1. The molecule has 1 N–H and O–H groups in total. The van der Waals surface area contributed by atoms with Gasteiger partial charge in [-0.1, -0.05) is 30.3 Å². The molecule has 0 amide bonds. The molecule has 3 aromatic rings. The van der Waals surface area contributed by atoms with Crippen LogP contribution in [0.25, 0.3) is 0 Å². The van der Waals surface area contributed by atoms with Gasteiger partial charge in [0.1, 0.15) is 5.82 Å². The van der Waals surface area contributed by atoms with Crippen molar-refractivity contribution in [3.8, 4) is 0 Å². The fraction of sp³-hybridized carbons (Fsp3) is 0.286. The van der Waals surface area contributed by atoms with Gasteiger partial charge in [0.2, 0.25) is 5.95 Å². The highest BCUT2D eigenvalue weighted by atomic mass is 15.2. The Morgan fingerprint density at radius 1 is 0.885 bits per heavy atom. The zero-order valence-electron chi connectivity index (χ0n) is 15.2. The van der Waals surface area contributed by atoms with Crippen LogP contribution in [0.3, 0.4) is 0 Å². The Balaban J connectivity index is 1.46. The first-order valence-corrected chi connectivity index (χ1v) is 9.02. The van der Waals surface area contributed by atoms with E-state index in [0.29, 0.717) is 0 Å². The molecule has 0 spiro atoms. The van der Waals surface area contributed by atoms with Crippen LogP contribution in [0, 0.1) is 0 Å². The summed E-state index contributed by atoms with van der Waals surface area (Å²) in [5, 5.41) is 3.40. The van der Waals surface area contributed by atoms with Gasteiger partial charge in [0.05, 0.1) is 0 Å². The molecule has 0 saturated heterocycles. The number of pyridine rings is 1. The van der Waals surface area contributed by atoms with Crippen molar-refractivity contribution in [2.75, 3.05) is 30.4 Å². The molecule has 0 atom stereocenters. The van der Waals surface area contributed by atoms with Gasteiger partial charge in [-0.05, 0) is 48.6 Å². The lowest BCUT2D eigenvalue weighted by Crippen LogP contribution is -2.23. The van der Waals surface area contributed by atoms with Crippen LogP contribution >= 0.6 is 0 Å². The van der Waals surface area contributed by atoms with E-state index in [9.17, 15) is 0 Å². The van der Waals surface area contributed by atoms with Gasteiger partial charge in [-0.2, -0.15) is 4.98 Å². The Labute approximate surface area is 155 Å². The molecule has 0 saturated carbocycles. The minimum atomic E-state index is 0.743. The van der Waals surface area contributed by atoms with Gasteiger partial charge in [-0.25, -0.2) is 4.98 Å². The van der Waals surface area contributed by atoms with Crippen LogP contribution in [-0.4, -0.2) is 35.1 Å². The predicted octanol–water partition coefficient (Wildman–Crippen LogP) is 3.60. The molecule has 5 heteroatoms. The average molecular weight is 347 g/mol. The SMILES string of the molecule is CN(CCc1ccncc1)c1nccc(NCCCc2ccccc2)n1. The number of benzene rings is 1. The Morgan fingerprint density at radius 3 is 2.46 bits per heavy atom. The minimum absolute atomic E-state index is 0.743. The van der Waals surface area contributed by atoms with E-state index in [2.05, 4.69) is 55.5 Å². The maximum atomic E-state index is 4.62. The van der Waals surface area contributed by atoms with Crippen molar-refractivity contribution in [1.29, 1.82) is 0 Å². The zero-order valence-corrected chi connectivity index (χ0v) is 15.2. The van der Waals surface area contributed by atoms with E-state index < -0.39 is 0 Å². The number of anilines is 2. The Kier molecular flexibility index (Phi) is 6.53. The van der Waals surface area contributed by atoms with Crippen LogP contribution in [0.1, 0.15) is 17.5 Å². The maximum Gasteiger partial charge on any atom is 0.226 e. The van der Waals surface area contributed by atoms with E-state index in [1.165, 1.54) is 11.1 Å². The van der Waals surface area contributed by atoms with E-state index >= 15 is 0 Å². The topological polar surface area (TPSA) is 53.9 Å². The van der Waals surface area contributed by atoms with Gasteiger partial charge < -0.3 is 10.2 Å². The van der Waals surface area contributed by atoms with Crippen molar-refractivity contribution in [2.45, 2.75) is 19.3 Å². The molecule has 0 radical (unpaired) electrons. The first-order valence-electron chi connectivity index (χ1n) is 9.02. The fourth-order valence-electron chi connectivity index (χ4n) is 2.73. The van der Waals surface area contributed by atoms with Crippen molar-refractivity contribution < 1.29 is 0 Å². The van der Waals surface area contributed by atoms with E-state index in [-0.39, 0.29) is 0 Å². The summed E-state index contributed by atoms with van der Waals surface area (Å²) in [6, 6.07) is 16.6. The van der Waals surface area contributed by atoms with Gasteiger partial charge in [0, 0.05) is 38.7 Å². The molecule has 1 aromatic carbocycles. The third-order valence-corrected chi connectivity index (χ3v) is 4.26. The summed E-state index contributed by atoms with van der Waals surface area (Å²) in [4.78, 5) is 15.1. The Bertz CT molecular complexity index is 777. The monoisotopic (exact) mass is 347 g/mol. The third-order valence-electron chi connectivity index (χ3n) is 4.26. The molecule has 2 aromatic heterocycles. The van der Waals surface area contributed by atoms with E-state index in [1.54, 1.807) is 0 Å². The molecule has 0 fully saturated rings. The quantitative estimate of drug-likeness (QED) is 0.600. The molecule has 0 aliphatic carbocycles. The van der Waals surface area contributed by atoms with Crippen LogP contribution in [0.15, 0.2) is 67.1 Å². The molecule has 0 aliphatic rings. The number of nitrogens with zero attached hydrogens (tertiary/aromatic N) is 4. The average Bonchev–Trinajstić information content (AvgIpc) is 2.71. The molecule has 5 nitrogen and oxygen atoms in total. The van der Waals surface area contributed by atoms with Crippen LogP contribution in [-0.2, 0) is 12.8 Å². The molecule has 3 rings (SSSR count). The van der Waals surface area contributed by atoms with Gasteiger partial charge in [0.15, 0.2) is 0 Å². The van der Waals surface area contributed by atoms with Crippen LogP contribution < -0.4 is 10.2 Å². The van der Waals surface area contributed by atoms with Crippen molar-refractivity contribution in [2.24, 2.45) is 0 Å². The highest BCUT2D eigenvalue weighted by Crippen LogP contribution is 2.11. The summed E-state index contributed by atoms with van der Waals surface area (Å²) in [6.07, 6.45) is 8.54. The molecule has 0 unspecified atom stereocenters. The number of nitrogens with one attached hydrogen (secondary N) is 1. The predicted molar refractivity (Wildman–Crippen MR) is 106 cm³/mol. The van der Waals surface area contributed by atoms with Crippen molar-refractivity contribution in [1.82, 2.24) is 15.0 Å². The smallest absolute Gasteiger partial charge is 0.226 e. The third kappa shape index (κ3) is 5.55. The second-order valence-electron chi connectivity index (χ2n) is 6.28. The van der Waals surface area contributed by atoms with Crippen LogP contribution in [0.2, 0.25) is 0 Å². The molecule has 0 bridgehead atoms. The highest BCUT2D eigenvalue weighted by molar-refractivity contribution is 5.40. The number of likely N-dealkylation sites (N-methyl/N-ethyl adjacent to an activating group) is 1. The molecule has 26 heavy (non-hydrogen) atoms. The van der Waals surface area contributed by atoms with E-state index in [4.69, 9.17) is 0 Å². The summed E-state index contributed by atoms with van der Waals surface area (Å²) < 4.78 is 0. The molecular formula is C21H25N5. The van der Waals surface area contributed by atoms with Gasteiger partial charge >= 0.3 is 0 Å². The lowest BCUT2D eigenvalue weighted by Gasteiger charge is -2.17. The molecule has 0 aliphatic heterocycles.